The van der Waals surface area contributed by atoms with Gasteiger partial charge >= 0.3 is 0 Å². The fourth-order valence-electron chi connectivity index (χ4n) is 3.13. The fraction of sp³-hybridized carbons (Fsp3) is 0.750. The minimum atomic E-state index is 0.199. The van der Waals surface area contributed by atoms with Gasteiger partial charge < -0.3 is 9.69 Å². The lowest BCUT2D eigenvalue weighted by molar-refractivity contribution is -0.130. The quantitative estimate of drug-likeness (QED) is 0.724. The van der Waals surface area contributed by atoms with Gasteiger partial charge in [0.05, 0.1) is 6.54 Å². The van der Waals surface area contributed by atoms with Gasteiger partial charge in [0.2, 0.25) is 5.91 Å². The Labute approximate surface area is 121 Å². The normalized spacial score (nSPS) is 21.4. The Morgan fingerprint density at radius 1 is 1.40 bits per heavy atom. The molecule has 0 N–H and O–H groups in total. The summed E-state index contributed by atoms with van der Waals surface area (Å²) in [6.07, 6.45) is 9.65. The second kappa shape index (κ2) is 7.58. The number of likely N-dealkylation sites (tertiary alicyclic amines) is 1. The summed E-state index contributed by atoms with van der Waals surface area (Å²) in [5, 5.41) is 0. The van der Waals surface area contributed by atoms with Crippen LogP contribution in [-0.4, -0.2) is 48.2 Å². The van der Waals surface area contributed by atoms with Crippen molar-refractivity contribution in [2.75, 3.05) is 26.2 Å². The molecule has 1 saturated heterocycles. The maximum absolute atomic E-state index is 12.5. The molecule has 2 rings (SSSR count). The molecule has 0 aromatic carbocycles. The molecule has 1 aliphatic carbocycles. The topological polar surface area (TPSA) is 40.6 Å². The monoisotopic (exact) mass is 278 g/mol. The first-order chi connectivity index (χ1) is 9.74. The summed E-state index contributed by atoms with van der Waals surface area (Å²) in [4.78, 5) is 27.4. The van der Waals surface area contributed by atoms with Gasteiger partial charge in [-0.2, -0.15) is 0 Å². The van der Waals surface area contributed by atoms with E-state index < -0.39 is 0 Å². The third-order valence-corrected chi connectivity index (χ3v) is 4.41. The summed E-state index contributed by atoms with van der Waals surface area (Å²) < 4.78 is 0. The van der Waals surface area contributed by atoms with Crippen LogP contribution in [0.1, 0.15) is 45.4 Å². The van der Waals surface area contributed by atoms with E-state index in [1.807, 2.05) is 11.8 Å². The number of carbonyl (C=O) groups is 2. The maximum atomic E-state index is 12.5. The number of nitrogens with zero attached hydrogens (tertiary/aromatic N) is 2. The van der Waals surface area contributed by atoms with E-state index in [9.17, 15) is 9.59 Å². The molecule has 1 heterocycles. The molecule has 0 atom stereocenters. The van der Waals surface area contributed by atoms with Crippen LogP contribution in [0.25, 0.3) is 0 Å². The van der Waals surface area contributed by atoms with Gasteiger partial charge in [0.25, 0.3) is 0 Å². The highest BCUT2D eigenvalue weighted by Crippen LogP contribution is 2.21. The van der Waals surface area contributed by atoms with Gasteiger partial charge in [0, 0.05) is 18.2 Å². The second-order valence-electron chi connectivity index (χ2n) is 5.83. The average molecular weight is 278 g/mol. The first-order valence-corrected chi connectivity index (χ1v) is 7.91. The van der Waals surface area contributed by atoms with E-state index in [0.717, 1.165) is 51.6 Å². The van der Waals surface area contributed by atoms with E-state index in [2.05, 4.69) is 11.0 Å². The van der Waals surface area contributed by atoms with E-state index in [0.29, 0.717) is 6.54 Å². The number of hydrogen-bond donors (Lipinski definition) is 0. The lowest BCUT2D eigenvalue weighted by atomic mass is 9.98. The Balaban J connectivity index is 1.86. The molecular formula is C16H26N2O2. The first kappa shape index (κ1) is 15.2. The van der Waals surface area contributed by atoms with Gasteiger partial charge in [-0.15, -0.1) is 0 Å². The van der Waals surface area contributed by atoms with Crippen LogP contribution in [0.3, 0.4) is 0 Å². The summed E-state index contributed by atoms with van der Waals surface area (Å²) in [6.45, 7) is 5.04. The molecule has 0 aromatic rings. The summed E-state index contributed by atoms with van der Waals surface area (Å²) in [6, 6.07) is 0. The third-order valence-electron chi connectivity index (χ3n) is 4.41. The largest absolute Gasteiger partial charge is 0.316 e. The van der Waals surface area contributed by atoms with E-state index in [1.165, 1.54) is 18.5 Å². The highest BCUT2D eigenvalue weighted by Gasteiger charge is 2.23. The van der Waals surface area contributed by atoms with Crippen molar-refractivity contribution >= 4 is 12.2 Å². The van der Waals surface area contributed by atoms with E-state index >= 15 is 0 Å². The Kier molecular flexibility index (Phi) is 5.77. The van der Waals surface area contributed by atoms with Gasteiger partial charge in [-0.1, -0.05) is 6.08 Å². The van der Waals surface area contributed by atoms with Crippen LogP contribution in [0.4, 0.5) is 0 Å². The zero-order chi connectivity index (χ0) is 14.4. The highest BCUT2D eigenvalue weighted by atomic mass is 16.2. The molecule has 0 bridgehead atoms. The number of likely N-dealkylation sites (N-methyl/N-ethyl adjacent to an activating group) is 1. The van der Waals surface area contributed by atoms with Gasteiger partial charge in [0.1, 0.15) is 6.29 Å². The number of rotatable bonds is 5. The number of aldehydes is 1. The zero-order valence-electron chi connectivity index (χ0n) is 12.5. The molecule has 4 nitrogen and oxygen atoms in total. The van der Waals surface area contributed by atoms with Crippen molar-refractivity contribution in [1.29, 1.82) is 0 Å². The van der Waals surface area contributed by atoms with Crippen molar-refractivity contribution in [2.24, 2.45) is 5.92 Å². The smallest absolute Gasteiger partial charge is 0.240 e. The van der Waals surface area contributed by atoms with Crippen molar-refractivity contribution in [3.63, 3.8) is 0 Å². The summed E-state index contributed by atoms with van der Waals surface area (Å²) in [7, 11) is 0. The predicted molar refractivity (Wildman–Crippen MR) is 79.2 cm³/mol. The fourth-order valence-corrected chi connectivity index (χ4v) is 3.13. The Morgan fingerprint density at radius 2 is 2.15 bits per heavy atom. The molecule has 0 aromatic heterocycles. The molecule has 4 heteroatoms. The maximum Gasteiger partial charge on any atom is 0.240 e. The Bertz CT molecular complexity index is 371. The van der Waals surface area contributed by atoms with Crippen molar-refractivity contribution in [2.45, 2.75) is 45.4 Å². The van der Waals surface area contributed by atoms with Gasteiger partial charge in [-0.25, -0.2) is 0 Å². The van der Waals surface area contributed by atoms with Crippen molar-refractivity contribution in [1.82, 2.24) is 9.80 Å². The van der Waals surface area contributed by atoms with Crippen molar-refractivity contribution < 1.29 is 9.59 Å². The van der Waals surface area contributed by atoms with Gasteiger partial charge in [-0.05, 0) is 58.5 Å². The molecular weight excluding hydrogens is 252 g/mol. The van der Waals surface area contributed by atoms with Crippen LogP contribution in [-0.2, 0) is 9.59 Å². The second-order valence-corrected chi connectivity index (χ2v) is 5.83. The van der Waals surface area contributed by atoms with Crippen LogP contribution in [0.15, 0.2) is 11.8 Å². The SMILES string of the molecule is CCN(C(=O)CN1CCC(C=O)CC1)C1=CCCCC1. The first-order valence-electron chi connectivity index (χ1n) is 7.91. The van der Waals surface area contributed by atoms with Crippen molar-refractivity contribution in [3.05, 3.63) is 11.8 Å². The summed E-state index contributed by atoms with van der Waals surface area (Å²) >= 11 is 0. The zero-order valence-corrected chi connectivity index (χ0v) is 12.5. The van der Waals surface area contributed by atoms with E-state index in [1.54, 1.807) is 0 Å². The highest BCUT2D eigenvalue weighted by molar-refractivity contribution is 5.80. The van der Waals surface area contributed by atoms with Crippen LogP contribution in [0, 0.1) is 5.92 Å². The molecule has 2 aliphatic rings. The molecule has 0 spiro atoms. The Hall–Kier alpha value is -1.16. The number of piperidine rings is 1. The standard InChI is InChI=1S/C16H26N2O2/c1-2-18(15-6-4-3-5-7-15)16(20)12-17-10-8-14(13-19)9-11-17/h6,13-14H,2-5,7-12H2,1H3. The molecule has 0 saturated carbocycles. The van der Waals surface area contributed by atoms with Crippen molar-refractivity contribution in [3.8, 4) is 0 Å². The molecule has 20 heavy (non-hydrogen) atoms. The minimum Gasteiger partial charge on any atom is -0.316 e. The molecule has 0 radical (unpaired) electrons. The lowest BCUT2D eigenvalue weighted by Crippen LogP contribution is -2.43. The predicted octanol–water partition coefficient (Wildman–Crippen LogP) is 2.20. The van der Waals surface area contributed by atoms with Crippen LogP contribution >= 0.6 is 0 Å². The van der Waals surface area contributed by atoms with Gasteiger partial charge in [-0.3, -0.25) is 9.69 Å². The lowest BCUT2D eigenvalue weighted by Gasteiger charge is -2.32. The van der Waals surface area contributed by atoms with Crippen LogP contribution in [0.2, 0.25) is 0 Å². The summed E-state index contributed by atoms with van der Waals surface area (Å²) in [5.41, 5.74) is 1.21. The molecule has 1 aliphatic heterocycles. The van der Waals surface area contributed by atoms with E-state index in [4.69, 9.17) is 0 Å². The van der Waals surface area contributed by atoms with Crippen LogP contribution in [0.5, 0.6) is 0 Å². The minimum absolute atomic E-state index is 0.199. The number of amides is 1. The summed E-state index contributed by atoms with van der Waals surface area (Å²) in [5.74, 6) is 0.412. The average Bonchev–Trinajstić information content (AvgIpc) is 2.50. The van der Waals surface area contributed by atoms with E-state index in [-0.39, 0.29) is 11.8 Å². The molecule has 0 unspecified atom stereocenters. The molecule has 1 amide bonds. The number of carbonyl (C=O) groups excluding carboxylic acids is 2. The number of allylic oxidation sites excluding steroid dienone is 2. The van der Waals surface area contributed by atoms with Gasteiger partial charge in [0.15, 0.2) is 0 Å². The number of hydrogen-bond acceptors (Lipinski definition) is 3. The Morgan fingerprint density at radius 3 is 2.70 bits per heavy atom. The third kappa shape index (κ3) is 3.92. The van der Waals surface area contributed by atoms with Crippen LogP contribution < -0.4 is 0 Å². The molecule has 112 valence electrons. The molecule has 1 fully saturated rings.